The molecule has 9 heteroatoms. The zero-order valence-electron chi connectivity index (χ0n) is 9.31. The third kappa shape index (κ3) is 3.45. The lowest BCUT2D eigenvalue weighted by atomic mass is 10.3. The van der Waals surface area contributed by atoms with Crippen molar-refractivity contribution in [1.82, 2.24) is 4.72 Å². The van der Waals surface area contributed by atoms with Gasteiger partial charge in [0.15, 0.2) is 0 Å². The monoisotopic (exact) mass is 270 g/mol. The number of carboxylic acids is 1. The smallest absolute Gasteiger partial charge is 0.321 e. The summed E-state index contributed by atoms with van der Waals surface area (Å²) >= 11 is 0. The fourth-order valence-electron chi connectivity index (χ4n) is 1.09. The molecule has 18 heavy (non-hydrogen) atoms. The second-order valence-corrected chi connectivity index (χ2v) is 5.08. The lowest BCUT2D eigenvalue weighted by molar-refractivity contribution is -0.138. The molecular weight excluding hydrogens is 260 g/mol. The van der Waals surface area contributed by atoms with E-state index in [9.17, 15) is 13.2 Å². The van der Waals surface area contributed by atoms with Crippen molar-refractivity contribution >= 4 is 21.7 Å². The van der Waals surface area contributed by atoms with Crippen LogP contribution in [0.15, 0.2) is 34.3 Å². The average molecular weight is 270 g/mol. The van der Waals surface area contributed by atoms with Crippen molar-refractivity contribution in [2.24, 2.45) is 5.11 Å². The van der Waals surface area contributed by atoms with Gasteiger partial charge in [0, 0.05) is 10.6 Å². The number of rotatable bonds is 5. The molecule has 1 aromatic rings. The first-order valence-corrected chi connectivity index (χ1v) is 6.25. The van der Waals surface area contributed by atoms with E-state index in [4.69, 9.17) is 10.6 Å². The molecule has 0 aliphatic carbocycles. The molecule has 1 rings (SSSR count). The molecule has 0 amide bonds. The molecule has 0 saturated carbocycles. The molecule has 0 spiro atoms. The van der Waals surface area contributed by atoms with Crippen LogP contribution in [0, 0.1) is 0 Å². The summed E-state index contributed by atoms with van der Waals surface area (Å²) in [5.41, 5.74) is 8.46. The van der Waals surface area contributed by atoms with Gasteiger partial charge in [-0.15, -0.1) is 0 Å². The first kappa shape index (κ1) is 14.0. The summed E-state index contributed by atoms with van der Waals surface area (Å²) in [5, 5.41) is 11.9. The third-order valence-electron chi connectivity index (χ3n) is 2.01. The highest BCUT2D eigenvalue weighted by Gasteiger charge is 2.21. The summed E-state index contributed by atoms with van der Waals surface area (Å²) in [6, 6.07) is 3.85. The van der Waals surface area contributed by atoms with Gasteiger partial charge in [-0.05, 0) is 24.6 Å². The minimum Gasteiger partial charge on any atom is -0.480 e. The van der Waals surface area contributed by atoms with Crippen LogP contribution in [0.2, 0.25) is 0 Å². The molecule has 0 radical (unpaired) electrons. The van der Waals surface area contributed by atoms with Crippen LogP contribution in [0.25, 0.3) is 10.4 Å². The maximum atomic E-state index is 11.7. The number of aliphatic carboxylic acids is 1. The van der Waals surface area contributed by atoms with Crippen LogP contribution >= 0.6 is 0 Å². The minimum atomic E-state index is -3.90. The number of hydrogen-bond donors (Lipinski definition) is 2. The first-order chi connectivity index (χ1) is 8.36. The summed E-state index contributed by atoms with van der Waals surface area (Å²) in [6.45, 7) is 1.22. The second-order valence-electron chi connectivity index (χ2n) is 3.36. The average Bonchev–Trinajstić information content (AvgIpc) is 2.29. The zero-order valence-corrected chi connectivity index (χ0v) is 10.1. The quantitative estimate of drug-likeness (QED) is 0.475. The standard InChI is InChI=1S/C9H10N4O4S/c1-6(9(14)15)12-18(16,17)8-4-2-7(3-5-8)11-13-10/h2-6,12H,1H3,(H,14,15). The van der Waals surface area contributed by atoms with Crippen LogP contribution in [-0.4, -0.2) is 25.5 Å². The highest BCUT2D eigenvalue weighted by molar-refractivity contribution is 7.89. The first-order valence-electron chi connectivity index (χ1n) is 4.77. The minimum absolute atomic E-state index is 0.104. The van der Waals surface area contributed by atoms with Gasteiger partial charge in [0.1, 0.15) is 6.04 Å². The Hall–Kier alpha value is -2.09. The molecule has 0 heterocycles. The van der Waals surface area contributed by atoms with Crippen LogP contribution in [0.1, 0.15) is 6.92 Å². The molecule has 8 nitrogen and oxygen atoms in total. The van der Waals surface area contributed by atoms with Gasteiger partial charge < -0.3 is 5.11 Å². The fourth-order valence-corrected chi connectivity index (χ4v) is 2.29. The number of benzene rings is 1. The molecule has 0 aliphatic heterocycles. The number of hydrogen-bond acceptors (Lipinski definition) is 4. The van der Waals surface area contributed by atoms with Gasteiger partial charge in [0.25, 0.3) is 0 Å². The Labute approximate surface area is 103 Å². The van der Waals surface area contributed by atoms with Crippen molar-refractivity contribution in [3.63, 3.8) is 0 Å². The summed E-state index contributed by atoms with van der Waals surface area (Å²) in [6.07, 6.45) is 0. The second kappa shape index (κ2) is 5.50. The zero-order chi connectivity index (χ0) is 13.8. The van der Waals surface area contributed by atoms with Crippen molar-refractivity contribution in [2.45, 2.75) is 17.9 Å². The van der Waals surface area contributed by atoms with Crippen LogP contribution < -0.4 is 4.72 Å². The Kier molecular flexibility index (Phi) is 4.27. The Balaban J connectivity index is 2.98. The van der Waals surface area contributed by atoms with E-state index in [1.54, 1.807) is 0 Å². The molecule has 96 valence electrons. The van der Waals surface area contributed by atoms with E-state index in [1.165, 1.54) is 31.2 Å². The molecule has 0 bridgehead atoms. The number of nitrogens with zero attached hydrogens (tertiary/aromatic N) is 3. The summed E-state index contributed by atoms with van der Waals surface area (Å²) in [5.74, 6) is -1.27. The lowest BCUT2D eigenvalue weighted by Gasteiger charge is -2.10. The van der Waals surface area contributed by atoms with Crippen LogP contribution in [0.3, 0.4) is 0 Å². The van der Waals surface area contributed by atoms with Gasteiger partial charge in [0.2, 0.25) is 10.0 Å². The van der Waals surface area contributed by atoms with E-state index in [-0.39, 0.29) is 10.6 Å². The van der Waals surface area contributed by atoms with E-state index in [2.05, 4.69) is 10.0 Å². The van der Waals surface area contributed by atoms with Crippen LogP contribution in [-0.2, 0) is 14.8 Å². The summed E-state index contributed by atoms with van der Waals surface area (Å²) < 4.78 is 25.5. The lowest BCUT2D eigenvalue weighted by Crippen LogP contribution is -2.38. The predicted molar refractivity (Wildman–Crippen MR) is 62.7 cm³/mol. The molecule has 0 saturated heterocycles. The predicted octanol–water partition coefficient (Wildman–Crippen LogP) is 1.38. The van der Waals surface area contributed by atoms with E-state index in [0.717, 1.165) is 0 Å². The fraction of sp³-hybridized carbons (Fsp3) is 0.222. The molecule has 1 aromatic carbocycles. The number of carboxylic acid groups (broad SMARTS) is 1. The molecule has 1 atom stereocenters. The van der Waals surface area contributed by atoms with E-state index >= 15 is 0 Å². The van der Waals surface area contributed by atoms with E-state index in [0.29, 0.717) is 0 Å². The Bertz CT molecular complexity index is 589. The Morgan fingerprint density at radius 2 is 2.00 bits per heavy atom. The van der Waals surface area contributed by atoms with Gasteiger partial charge in [-0.1, -0.05) is 17.2 Å². The summed E-state index contributed by atoms with van der Waals surface area (Å²) in [4.78, 5) is 13.0. The Morgan fingerprint density at radius 1 is 1.44 bits per heavy atom. The molecule has 0 aromatic heterocycles. The normalized spacial score (nSPS) is 12.5. The largest absolute Gasteiger partial charge is 0.480 e. The van der Waals surface area contributed by atoms with Gasteiger partial charge in [-0.25, -0.2) is 8.42 Å². The third-order valence-corrected chi connectivity index (χ3v) is 3.57. The van der Waals surface area contributed by atoms with Gasteiger partial charge in [-0.3, -0.25) is 4.79 Å². The maximum absolute atomic E-state index is 11.7. The molecule has 1 unspecified atom stereocenters. The SMILES string of the molecule is CC(NS(=O)(=O)c1ccc(N=[N+]=[N-])cc1)C(=O)O. The van der Waals surface area contributed by atoms with Gasteiger partial charge >= 0.3 is 5.97 Å². The van der Waals surface area contributed by atoms with Gasteiger partial charge in [0.05, 0.1) is 4.90 Å². The molecular formula is C9H10N4O4S. The van der Waals surface area contributed by atoms with Crippen LogP contribution in [0.5, 0.6) is 0 Å². The molecule has 0 fully saturated rings. The highest BCUT2D eigenvalue weighted by atomic mass is 32.2. The van der Waals surface area contributed by atoms with E-state index in [1.807, 2.05) is 4.72 Å². The van der Waals surface area contributed by atoms with Crippen molar-refractivity contribution in [1.29, 1.82) is 0 Å². The van der Waals surface area contributed by atoms with Crippen molar-refractivity contribution < 1.29 is 18.3 Å². The van der Waals surface area contributed by atoms with Crippen molar-refractivity contribution in [3.05, 3.63) is 34.7 Å². The number of nitrogens with one attached hydrogen (secondary N) is 1. The highest BCUT2D eigenvalue weighted by Crippen LogP contribution is 2.16. The molecule has 0 aliphatic rings. The van der Waals surface area contributed by atoms with Crippen molar-refractivity contribution in [2.75, 3.05) is 0 Å². The maximum Gasteiger partial charge on any atom is 0.321 e. The summed E-state index contributed by atoms with van der Waals surface area (Å²) in [7, 11) is -3.90. The van der Waals surface area contributed by atoms with Gasteiger partial charge in [-0.2, -0.15) is 4.72 Å². The Morgan fingerprint density at radius 3 is 2.44 bits per heavy atom. The number of sulfonamides is 1. The molecule has 2 N–H and O–H groups in total. The topological polar surface area (TPSA) is 132 Å². The number of carbonyl (C=O) groups is 1. The van der Waals surface area contributed by atoms with Crippen molar-refractivity contribution in [3.8, 4) is 0 Å². The van der Waals surface area contributed by atoms with Crippen LogP contribution in [0.4, 0.5) is 5.69 Å². The number of azide groups is 1. The van der Waals surface area contributed by atoms with E-state index < -0.39 is 22.0 Å².